The van der Waals surface area contributed by atoms with E-state index in [1.165, 1.54) is 16.9 Å². The summed E-state index contributed by atoms with van der Waals surface area (Å²) in [5.41, 5.74) is 1.18. The molecule has 2 heterocycles. The number of aliphatic hydroxyl groups excluding tert-OH is 3. The van der Waals surface area contributed by atoms with E-state index in [9.17, 15) is 10.2 Å². The average Bonchev–Trinajstić information content (AvgIpc) is 3.32. The van der Waals surface area contributed by atoms with E-state index in [1.807, 2.05) is 29.7 Å². The Kier molecular flexibility index (Phi) is 8.32. The minimum atomic E-state index is -0.738. The first-order valence-corrected chi connectivity index (χ1v) is 9.88. The summed E-state index contributed by atoms with van der Waals surface area (Å²) in [6.45, 7) is 5.78. The largest absolute Gasteiger partial charge is 0.459 e. The average molecular weight is 377 g/mol. The van der Waals surface area contributed by atoms with E-state index in [0.29, 0.717) is 24.4 Å². The van der Waals surface area contributed by atoms with Gasteiger partial charge in [-0.3, -0.25) is 0 Å². The highest BCUT2D eigenvalue weighted by molar-refractivity contribution is 7.10. The summed E-state index contributed by atoms with van der Waals surface area (Å²) in [7, 11) is 0. The van der Waals surface area contributed by atoms with E-state index in [2.05, 4.69) is 13.5 Å². The standard InChI is InChI=1S/C21H28O4S/c1-3-6-15(13-16-9-10-17(14-22)25-16)8-11-19(23)18(4-2)21(24)20-7-5-12-26-20/h4-5,7,9-10,12-13,18-19,21-24H,2-3,6,8,11,14H2,1H3/b15-13+/t18-,19-,21+/m1/s1. The molecule has 0 aliphatic rings. The second kappa shape index (κ2) is 10.5. The van der Waals surface area contributed by atoms with Gasteiger partial charge in [-0.25, -0.2) is 0 Å². The Labute approximate surface area is 159 Å². The predicted octanol–water partition coefficient (Wildman–Crippen LogP) is 4.69. The van der Waals surface area contributed by atoms with Gasteiger partial charge in [0.1, 0.15) is 18.1 Å². The fourth-order valence-electron chi connectivity index (χ4n) is 3.02. The lowest BCUT2D eigenvalue weighted by Gasteiger charge is -2.24. The molecule has 0 saturated carbocycles. The molecule has 26 heavy (non-hydrogen) atoms. The Morgan fingerprint density at radius 1 is 1.27 bits per heavy atom. The van der Waals surface area contributed by atoms with Crippen LogP contribution in [0.4, 0.5) is 0 Å². The molecule has 0 aromatic carbocycles. The van der Waals surface area contributed by atoms with Crippen molar-refractivity contribution in [2.45, 2.75) is 51.4 Å². The van der Waals surface area contributed by atoms with Crippen LogP contribution < -0.4 is 0 Å². The third kappa shape index (κ3) is 5.68. The van der Waals surface area contributed by atoms with Gasteiger partial charge in [0.15, 0.2) is 0 Å². The zero-order valence-corrected chi connectivity index (χ0v) is 16.0. The first kappa shape index (κ1) is 20.6. The molecule has 5 heteroatoms. The van der Waals surface area contributed by atoms with Crippen LogP contribution in [-0.4, -0.2) is 21.4 Å². The van der Waals surface area contributed by atoms with Gasteiger partial charge >= 0.3 is 0 Å². The molecule has 0 spiro atoms. The van der Waals surface area contributed by atoms with Gasteiger partial charge in [-0.15, -0.1) is 17.9 Å². The van der Waals surface area contributed by atoms with Crippen LogP contribution in [0, 0.1) is 5.92 Å². The van der Waals surface area contributed by atoms with Crippen LogP contribution in [0.1, 0.15) is 55.1 Å². The summed E-state index contributed by atoms with van der Waals surface area (Å²) in [6, 6.07) is 7.36. The predicted molar refractivity (Wildman–Crippen MR) is 106 cm³/mol. The maximum Gasteiger partial charge on any atom is 0.130 e. The zero-order chi connectivity index (χ0) is 18.9. The molecule has 0 amide bonds. The van der Waals surface area contributed by atoms with Crippen LogP contribution in [0.3, 0.4) is 0 Å². The first-order valence-electron chi connectivity index (χ1n) is 9.00. The second-order valence-corrected chi connectivity index (χ2v) is 7.37. The number of furan rings is 1. The van der Waals surface area contributed by atoms with Gasteiger partial charge in [0.2, 0.25) is 0 Å². The Morgan fingerprint density at radius 2 is 2.08 bits per heavy atom. The molecule has 2 aromatic heterocycles. The molecule has 0 radical (unpaired) electrons. The molecule has 0 saturated heterocycles. The summed E-state index contributed by atoms with van der Waals surface area (Å²) in [4.78, 5) is 0.838. The Morgan fingerprint density at radius 3 is 2.65 bits per heavy atom. The molecule has 142 valence electrons. The quantitative estimate of drug-likeness (QED) is 0.497. The SMILES string of the molecule is C=C[C@H]([C@H](O)CC/C(=C/c1ccc(CO)o1)CCC)[C@H](O)c1cccs1. The van der Waals surface area contributed by atoms with E-state index in [4.69, 9.17) is 9.52 Å². The van der Waals surface area contributed by atoms with Gasteiger partial charge in [0.25, 0.3) is 0 Å². The van der Waals surface area contributed by atoms with Crippen molar-refractivity contribution in [1.82, 2.24) is 0 Å². The van der Waals surface area contributed by atoms with E-state index >= 15 is 0 Å². The van der Waals surface area contributed by atoms with Crippen molar-refractivity contribution < 1.29 is 19.7 Å². The number of aliphatic hydroxyl groups is 3. The van der Waals surface area contributed by atoms with Gasteiger partial charge in [-0.1, -0.05) is 31.1 Å². The molecule has 3 atom stereocenters. The number of hydrogen-bond acceptors (Lipinski definition) is 5. The highest BCUT2D eigenvalue weighted by atomic mass is 32.1. The van der Waals surface area contributed by atoms with E-state index in [0.717, 1.165) is 17.7 Å². The van der Waals surface area contributed by atoms with E-state index < -0.39 is 18.1 Å². The second-order valence-electron chi connectivity index (χ2n) is 6.39. The van der Waals surface area contributed by atoms with Crippen LogP contribution >= 0.6 is 11.3 Å². The summed E-state index contributed by atoms with van der Waals surface area (Å²) in [5.74, 6) is 0.852. The molecule has 0 unspecified atom stereocenters. The monoisotopic (exact) mass is 376 g/mol. The molecule has 2 aromatic rings. The minimum Gasteiger partial charge on any atom is -0.459 e. The number of rotatable bonds is 11. The maximum absolute atomic E-state index is 10.6. The van der Waals surface area contributed by atoms with Crippen LogP contribution in [0.2, 0.25) is 0 Å². The van der Waals surface area contributed by atoms with Crippen molar-refractivity contribution in [2.75, 3.05) is 0 Å². The van der Waals surface area contributed by atoms with Crippen LogP contribution in [0.15, 0.2) is 52.3 Å². The number of thiophene rings is 1. The molecule has 0 bridgehead atoms. The molecular weight excluding hydrogens is 348 g/mol. The van der Waals surface area contributed by atoms with Crippen molar-refractivity contribution in [1.29, 1.82) is 0 Å². The summed E-state index contributed by atoms with van der Waals surface area (Å²) < 4.78 is 5.53. The van der Waals surface area contributed by atoms with Gasteiger partial charge in [0, 0.05) is 10.8 Å². The first-order chi connectivity index (χ1) is 12.6. The van der Waals surface area contributed by atoms with Gasteiger partial charge in [-0.05, 0) is 48.9 Å². The van der Waals surface area contributed by atoms with Crippen molar-refractivity contribution in [3.8, 4) is 0 Å². The van der Waals surface area contributed by atoms with Crippen molar-refractivity contribution in [3.05, 3.63) is 64.3 Å². The molecule has 0 aliphatic carbocycles. The molecule has 2 rings (SSSR count). The summed E-state index contributed by atoms with van der Waals surface area (Å²) in [5, 5.41) is 32.1. The Hall–Kier alpha value is -1.66. The zero-order valence-electron chi connectivity index (χ0n) is 15.2. The lowest BCUT2D eigenvalue weighted by Crippen LogP contribution is -2.24. The third-order valence-corrected chi connectivity index (χ3v) is 5.38. The fraction of sp³-hybridized carbons (Fsp3) is 0.429. The van der Waals surface area contributed by atoms with Crippen LogP contribution in [0.5, 0.6) is 0 Å². The Bertz CT molecular complexity index is 687. The van der Waals surface area contributed by atoms with Crippen LogP contribution in [0.25, 0.3) is 6.08 Å². The fourth-order valence-corrected chi connectivity index (χ4v) is 3.79. The molecular formula is C21H28O4S. The van der Waals surface area contributed by atoms with Crippen molar-refractivity contribution in [2.24, 2.45) is 5.92 Å². The van der Waals surface area contributed by atoms with E-state index in [1.54, 1.807) is 12.1 Å². The van der Waals surface area contributed by atoms with Crippen LogP contribution in [-0.2, 0) is 6.61 Å². The normalized spacial score (nSPS) is 15.6. The number of hydrogen-bond donors (Lipinski definition) is 3. The minimum absolute atomic E-state index is 0.114. The smallest absolute Gasteiger partial charge is 0.130 e. The highest BCUT2D eigenvalue weighted by Crippen LogP contribution is 2.31. The van der Waals surface area contributed by atoms with Gasteiger partial charge in [-0.2, -0.15) is 0 Å². The summed E-state index contributed by atoms with van der Waals surface area (Å²) in [6.07, 6.45) is 5.37. The van der Waals surface area contributed by atoms with Crippen molar-refractivity contribution >= 4 is 17.4 Å². The van der Waals surface area contributed by atoms with Gasteiger partial charge < -0.3 is 19.7 Å². The third-order valence-electron chi connectivity index (χ3n) is 4.43. The summed E-state index contributed by atoms with van der Waals surface area (Å²) >= 11 is 1.48. The lowest BCUT2D eigenvalue weighted by molar-refractivity contribution is 0.0336. The maximum atomic E-state index is 10.6. The molecule has 4 nitrogen and oxygen atoms in total. The molecule has 0 fully saturated rings. The molecule has 3 N–H and O–H groups in total. The topological polar surface area (TPSA) is 73.8 Å². The van der Waals surface area contributed by atoms with Gasteiger partial charge in [0.05, 0.1) is 12.2 Å². The Balaban J connectivity index is 2.01. The number of allylic oxidation sites excluding steroid dienone is 1. The van der Waals surface area contributed by atoms with Crippen molar-refractivity contribution in [3.63, 3.8) is 0 Å². The molecule has 0 aliphatic heterocycles. The highest BCUT2D eigenvalue weighted by Gasteiger charge is 2.26. The van der Waals surface area contributed by atoms with E-state index in [-0.39, 0.29) is 6.61 Å². The lowest BCUT2D eigenvalue weighted by atomic mass is 9.90.